The van der Waals surface area contributed by atoms with Crippen molar-refractivity contribution in [3.05, 3.63) is 0 Å². The van der Waals surface area contributed by atoms with E-state index in [1.165, 1.54) is 0 Å². The van der Waals surface area contributed by atoms with E-state index in [1.807, 2.05) is 13.8 Å². The number of hydrogen-bond donors (Lipinski definition) is 2. The van der Waals surface area contributed by atoms with Gasteiger partial charge in [0.15, 0.2) is 6.04 Å². The van der Waals surface area contributed by atoms with Crippen LogP contribution in [0.3, 0.4) is 0 Å². The van der Waals surface area contributed by atoms with Gasteiger partial charge in [-0.25, -0.2) is 0 Å². The first-order valence-electron chi connectivity index (χ1n) is 4.85. The Labute approximate surface area is 83.1 Å². The third kappa shape index (κ3) is 2.45. The molecule has 0 spiro atoms. The quantitative estimate of drug-likeness (QED) is 0.507. The fourth-order valence-electron chi connectivity index (χ4n) is 1.88. The van der Waals surface area contributed by atoms with Gasteiger partial charge in [0, 0.05) is 12.4 Å². The molecule has 0 aromatic rings. The van der Waals surface area contributed by atoms with Gasteiger partial charge in [-0.2, -0.15) is 0 Å². The maximum absolute atomic E-state index is 11.4. The van der Waals surface area contributed by atoms with Gasteiger partial charge in [-0.1, -0.05) is 0 Å². The normalized spacial score (nSPS) is 27.5. The SMILES string of the molecule is CC(C)[NH+]1CCNC(=O)[C@H]1CC(=O)[O-]. The molecule has 5 nitrogen and oxygen atoms in total. The van der Waals surface area contributed by atoms with Crippen LogP contribution >= 0.6 is 0 Å². The van der Waals surface area contributed by atoms with Crippen LogP contribution in [0.25, 0.3) is 0 Å². The molecule has 1 aliphatic rings. The lowest BCUT2D eigenvalue weighted by Gasteiger charge is -2.34. The molecule has 1 amide bonds. The molecule has 1 aliphatic heterocycles. The number of hydrogen-bond acceptors (Lipinski definition) is 3. The molecule has 0 bridgehead atoms. The summed E-state index contributed by atoms with van der Waals surface area (Å²) in [5.74, 6) is -1.34. The molecule has 0 aromatic heterocycles. The lowest BCUT2D eigenvalue weighted by Crippen LogP contribution is -3.22. The van der Waals surface area contributed by atoms with Crippen LogP contribution in [0.4, 0.5) is 0 Å². The molecule has 0 radical (unpaired) electrons. The van der Waals surface area contributed by atoms with Crippen molar-refractivity contribution < 1.29 is 19.6 Å². The molecule has 2 N–H and O–H groups in total. The monoisotopic (exact) mass is 200 g/mol. The summed E-state index contributed by atoms with van der Waals surface area (Å²) in [4.78, 5) is 22.9. The van der Waals surface area contributed by atoms with Gasteiger partial charge in [0.05, 0.1) is 19.1 Å². The second kappa shape index (κ2) is 4.41. The third-order valence-electron chi connectivity index (χ3n) is 2.59. The number of carbonyl (C=O) groups excluding carboxylic acids is 2. The number of quaternary nitrogens is 1. The Morgan fingerprint density at radius 2 is 2.36 bits per heavy atom. The van der Waals surface area contributed by atoms with E-state index in [9.17, 15) is 14.7 Å². The topological polar surface area (TPSA) is 73.7 Å². The minimum absolute atomic E-state index is 0.177. The van der Waals surface area contributed by atoms with E-state index >= 15 is 0 Å². The number of rotatable bonds is 3. The van der Waals surface area contributed by atoms with E-state index in [4.69, 9.17) is 0 Å². The average molecular weight is 200 g/mol. The van der Waals surface area contributed by atoms with Gasteiger partial charge in [0.1, 0.15) is 0 Å². The molecule has 2 atom stereocenters. The Bertz CT molecular complexity index is 240. The van der Waals surface area contributed by atoms with Gasteiger partial charge >= 0.3 is 0 Å². The highest BCUT2D eigenvalue weighted by Crippen LogP contribution is 1.92. The number of nitrogens with one attached hydrogen (secondary N) is 2. The smallest absolute Gasteiger partial charge is 0.278 e. The summed E-state index contributed by atoms with van der Waals surface area (Å²) in [6.45, 7) is 5.36. The van der Waals surface area contributed by atoms with Crippen molar-refractivity contribution in [3.63, 3.8) is 0 Å². The summed E-state index contributed by atoms with van der Waals surface area (Å²) in [5.41, 5.74) is 0. The summed E-state index contributed by atoms with van der Waals surface area (Å²) < 4.78 is 0. The molecule has 80 valence electrons. The van der Waals surface area contributed by atoms with E-state index in [-0.39, 0.29) is 18.4 Å². The van der Waals surface area contributed by atoms with E-state index in [0.717, 1.165) is 11.4 Å². The molecule has 1 unspecified atom stereocenters. The lowest BCUT2D eigenvalue weighted by atomic mass is 10.1. The van der Waals surface area contributed by atoms with Gasteiger partial charge in [0.2, 0.25) is 0 Å². The van der Waals surface area contributed by atoms with Crippen LogP contribution in [0.2, 0.25) is 0 Å². The van der Waals surface area contributed by atoms with Crippen molar-refractivity contribution in [1.82, 2.24) is 5.32 Å². The summed E-state index contributed by atoms with van der Waals surface area (Å²) in [6.07, 6.45) is -0.195. The molecule has 1 heterocycles. The van der Waals surface area contributed by atoms with Crippen LogP contribution in [-0.4, -0.2) is 37.0 Å². The van der Waals surface area contributed by atoms with Gasteiger partial charge in [-0.05, 0) is 13.8 Å². The standard InChI is InChI=1S/C9H16N2O3/c1-6(2)11-4-3-10-9(14)7(11)5-8(12)13/h6-7H,3-5H2,1-2H3,(H,10,14)(H,12,13)/t7-/m1/s1. The second-order valence-corrected chi connectivity index (χ2v) is 3.90. The zero-order valence-electron chi connectivity index (χ0n) is 8.50. The summed E-state index contributed by atoms with van der Waals surface area (Å²) in [6, 6.07) is -0.237. The van der Waals surface area contributed by atoms with Crippen molar-refractivity contribution in [1.29, 1.82) is 0 Å². The summed E-state index contributed by atoms with van der Waals surface area (Å²) >= 11 is 0. The van der Waals surface area contributed by atoms with Gasteiger partial charge in [-0.3, -0.25) is 4.79 Å². The molecular formula is C9H16N2O3. The van der Waals surface area contributed by atoms with Crippen LogP contribution in [0.1, 0.15) is 20.3 Å². The van der Waals surface area contributed by atoms with Crippen molar-refractivity contribution in [2.45, 2.75) is 32.4 Å². The lowest BCUT2D eigenvalue weighted by molar-refractivity contribution is -0.938. The minimum atomic E-state index is -1.16. The predicted octanol–water partition coefficient (Wildman–Crippen LogP) is -3.08. The highest BCUT2D eigenvalue weighted by atomic mass is 16.4. The molecule has 1 rings (SSSR count). The number of aliphatic carboxylic acids is 1. The highest BCUT2D eigenvalue weighted by molar-refractivity contribution is 5.84. The fourth-order valence-corrected chi connectivity index (χ4v) is 1.88. The van der Waals surface area contributed by atoms with Crippen LogP contribution in [0.15, 0.2) is 0 Å². The summed E-state index contributed by atoms with van der Waals surface area (Å²) in [5, 5.41) is 13.1. The third-order valence-corrected chi connectivity index (χ3v) is 2.59. The van der Waals surface area contributed by atoms with Crippen LogP contribution < -0.4 is 15.3 Å². The van der Waals surface area contributed by atoms with E-state index in [2.05, 4.69) is 5.32 Å². The van der Waals surface area contributed by atoms with Crippen LogP contribution in [0, 0.1) is 0 Å². The van der Waals surface area contributed by atoms with E-state index in [1.54, 1.807) is 0 Å². The van der Waals surface area contributed by atoms with E-state index in [0.29, 0.717) is 6.54 Å². The largest absolute Gasteiger partial charge is 0.550 e. The number of carboxylic acid groups (broad SMARTS) is 1. The maximum atomic E-state index is 11.4. The molecule has 1 fully saturated rings. The molecular weight excluding hydrogens is 184 g/mol. The van der Waals surface area contributed by atoms with Crippen molar-refractivity contribution in [2.75, 3.05) is 13.1 Å². The predicted molar refractivity (Wildman–Crippen MR) is 47.4 cm³/mol. The number of carbonyl (C=O) groups is 2. The zero-order valence-corrected chi connectivity index (χ0v) is 8.50. The molecule has 1 saturated heterocycles. The zero-order chi connectivity index (χ0) is 10.7. The second-order valence-electron chi connectivity index (χ2n) is 3.90. The first kappa shape index (κ1) is 11.0. The molecule has 5 heteroatoms. The Balaban J connectivity index is 2.70. The fraction of sp³-hybridized carbons (Fsp3) is 0.778. The molecule has 0 saturated carbocycles. The molecule has 0 aliphatic carbocycles. The first-order chi connectivity index (χ1) is 6.52. The number of amides is 1. The van der Waals surface area contributed by atoms with Gasteiger partial charge < -0.3 is 20.1 Å². The average Bonchev–Trinajstić information content (AvgIpc) is 2.07. The number of carboxylic acids is 1. The number of piperazine rings is 1. The maximum Gasteiger partial charge on any atom is 0.278 e. The van der Waals surface area contributed by atoms with E-state index < -0.39 is 12.0 Å². The Morgan fingerprint density at radius 3 is 2.86 bits per heavy atom. The Kier molecular flexibility index (Phi) is 3.46. The Morgan fingerprint density at radius 1 is 1.71 bits per heavy atom. The van der Waals surface area contributed by atoms with Crippen LogP contribution in [-0.2, 0) is 9.59 Å². The van der Waals surface area contributed by atoms with Gasteiger partial charge in [-0.15, -0.1) is 0 Å². The van der Waals surface area contributed by atoms with Gasteiger partial charge in [0.25, 0.3) is 5.91 Å². The van der Waals surface area contributed by atoms with Crippen LogP contribution in [0.5, 0.6) is 0 Å². The molecule has 0 aromatic carbocycles. The Hall–Kier alpha value is -1.10. The first-order valence-corrected chi connectivity index (χ1v) is 4.85. The minimum Gasteiger partial charge on any atom is -0.550 e. The summed E-state index contributed by atoms with van der Waals surface area (Å²) in [7, 11) is 0. The van der Waals surface area contributed by atoms with Crippen molar-refractivity contribution in [3.8, 4) is 0 Å². The molecule has 14 heavy (non-hydrogen) atoms. The van der Waals surface area contributed by atoms with Crippen molar-refractivity contribution in [2.24, 2.45) is 0 Å². The highest BCUT2D eigenvalue weighted by Gasteiger charge is 2.34. The van der Waals surface area contributed by atoms with Crippen molar-refractivity contribution >= 4 is 11.9 Å².